The SMILES string of the molecule is C=Cc1ccc(CC(=O)C(=O)OCC)nc1. The van der Waals surface area contributed by atoms with E-state index in [0.717, 1.165) is 5.56 Å². The van der Waals surface area contributed by atoms with Crippen LogP contribution in [0.3, 0.4) is 0 Å². The van der Waals surface area contributed by atoms with Gasteiger partial charge in [0.05, 0.1) is 13.0 Å². The predicted molar refractivity (Wildman–Crippen MR) is 59.7 cm³/mol. The maximum atomic E-state index is 11.3. The first-order valence-electron chi connectivity index (χ1n) is 4.94. The van der Waals surface area contributed by atoms with Crippen LogP contribution in [0.5, 0.6) is 0 Å². The third-order valence-electron chi connectivity index (χ3n) is 1.93. The van der Waals surface area contributed by atoms with Crippen molar-refractivity contribution in [3.63, 3.8) is 0 Å². The second-order valence-corrected chi connectivity index (χ2v) is 3.11. The number of ketones is 1. The Balaban J connectivity index is 2.62. The zero-order valence-electron chi connectivity index (χ0n) is 9.10. The molecule has 16 heavy (non-hydrogen) atoms. The Bertz CT molecular complexity index is 395. The van der Waals surface area contributed by atoms with Gasteiger partial charge in [-0.15, -0.1) is 0 Å². The van der Waals surface area contributed by atoms with E-state index in [0.29, 0.717) is 5.69 Å². The summed E-state index contributed by atoms with van der Waals surface area (Å²) < 4.78 is 4.59. The molecule has 1 aromatic rings. The Morgan fingerprint density at radius 3 is 2.75 bits per heavy atom. The van der Waals surface area contributed by atoms with Crippen molar-refractivity contribution >= 4 is 17.8 Å². The molecule has 0 atom stereocenters. The molecule has 4 nitrogen and oxygen atoms in total. The minimum absolute atomic E-state index is 0.0315. The molecule has 1 rings (SSSR count). The zero-order valence-corrected chi connectivity index (χ0v) is 9.10. The fraction of sp³-hybridized carbons (Fsp3) is 0.250. The molecule has 0 aromatic carbocycles. The van der Waals surface area contributed by atoms with Crippen LogP contribution in [0.4, 0.5) is 0 Å². The Morgan fingerprint density at radius 1 is 1.50 bits per heavy atom. The van der Waals surface area contributed by atoms with Gasteiger partial charge in [0.2, 0.25) is 5.78 Å². The van der Waals surface area contributed by atoms with E-state index in [1.54, 1.807) is 31.3 Å². The highest BCUT2D eigenvalue weighted by Crippen LogP contribution is 2.03. The lowest BCUT2D eigenvalue weighted by atomic mass is 10.2. The normalized spacial score (nSPS) is 9.56. The average Bonchev–Trinajstić information content (AvgIpc) is 2.30. The van der Waals surface area contributed by atoms with Gasteiger partial charge in [-0.1, -0.05) is 18.7 Å². The summed E-state index contributed by atoms with van der Waals surface area (Å²) in [7, 11) is 0. The van der Waals surface area contributed by atoms with Gasteiger partial charge in [0.15, 0.2) is 0 Å². The van der Waals surface area contributed by atoms with Crippen LogP contribution in [0.1, 0.15) is 18.2 Å². The second-order valence-electron chi connectivity index (χ2n) is 3.11. The maximum absolute atomic E-state index is 11.3. The molecule has 84 valence electrons. The van der Waals surface area contributed by atoms with Crippen LogP contribution in [0.15, 0.2) is 24.9 Å². The largest absolute Gasteiger partial charge is 0.460 e. The summed E-state index contributed by atoms with van der Waals surface area (Å²) in [5.41, 5.74) is 1.41. The molecular formula is C12H13NO3. The summed E-state index contributed by atoms with van der Waals surface area (Å²) in [5, 5.41) is 0. The minimum Gasteiger partial charge on any atom is -0.460 e. The van der Waals surface area contributed by atoms with E-state index in [9.17, 15) is 9.59 Å². The lowest BCUT2D eigenvalue weighted by Gasteiger charge is -2.01. The van der Waals surface area contributed by atoms with Crippen molar-refractivity contribution in [2.24, 2.45) is 0 Å². The lowest BCUT2D eigenvalue weighted by Crippen LogP contribution is -2.19. The first-order chi connectivity index (χ1) is 7.67. The highest BCUT2D eigenvalue weighted by molar-refractivity contribution is 6.34. The van der Waals surface area contributed by atoms with E-state index in [4.69, 9.17) is 0 Å². The Hall–Kier alpha value is -1.97. The predicted octanol–water partition coefficient (Wildman–Crippen LogP) is 1.40. The number of Topliss-reactive ketones (excluding diaryl/α,β-unsaturated/α-hetero) is 1. The average molecular weight is 219 g/mol. The van der Waals surface area contributed by atoms with Gasteiger partial charge in [-0.25, -0.2) is 4.79 Å². The first-order valence-corrected chi connectivity index (χ1v) is 4.94. The van der Waals surface area contributed by atoms with Crippen LogP contribution in [0.25, 0.3) is 6.08 Å². The van der Waals surface area contributed by atoms with Crippen molar-refractivity contribution in [3.8, 4) is 0 Å². The first kappa shape index (κ1) is 12.1. The van der Waals surface area contributed by atoms with E-state index >= 15 is 0 Å². The number of nitrogens with zero attached hydrogens (tertiary/aromatic N) is 1. The number of aromatic nitrogens is 1. The Morgan fingerprint density at radius 2 is 2.25 bits per heavy atom. The van der Waals surface area contributed by atoms with E-state index in [1.807, 2.05) is 0 Å². The van der Waals surface area contributed by atoms with Crippen LogP contribution in [0, 0.1) is 0 Å². The molecule has 0 saturated heterocycles. The third kappa shape index (κ3) is 3.31. The molecule has 0 radical (unpaired) electrons. The van der Waals surface area contributed by atoms with E-state index in [-0.39, 0.29) is 13.0 Å². The Labute approximate surface area is 94.0 Å². The van der Waals surface area contributed by atoms with Gasteiger partial charge in [-0.05, 0) is 18.6 Å². The van der Waals surface area contributed by atoms with Gasteiger partial charge in [0.25, 0.3) is 0 Å². The number of ether oxygens (including phenoxy) is 1. The standard InChI is InChI=1S/C12H13NO3/c1-3-9-5-6-10(13-8-9)7-11(14)12(15)16-4-2/h3,5-6,8H,1,4,7H2,2H3. The maximum Gasteiger partial charge on any atom is 0.375 e. The van der Waals surface area contributed by atoms with Gasteiger partial charge in [-0.3, -0.25) is 9.78 Å². The number of rotatable bonds is 5. The van der Waals surface area contributed by atoms with Crippen molar-refractivity contribution in [2.75, 3.05) is 6.61 Å². The third-order valence-corrected chi connectivity index (χ3v) is 1.93. The molecular weight excluding hydrogens is 206 g/mol. The molecule has 0 aliphatic heterocycles. The van der Waals surface area contributed by atoms with Gasteiger partial charge in [0.1, 0.15) is 0 Å². The van der Waals surface area contributed by atoms with E-state index in [1.165, 1.54) is 0 Å². The van der Waals surface area contributed by atoms with Crippen molar-refractivity contribution in [1.29, 1.82) is 0 Å². The monoisotopic (exact) mass is 219 g/mol. The molecule has 4 heteroatoms. The number of hydrogen-bond acceptors (Lipinski definition) is 4. The van der Waals surface area contributed by atoms with Crippen molar-refractivity contribution in [2.45, 2.75) is 13.3 Å². The molecule has 0 amide bonds. The summed E-state index contributed by atoms with van der Waals surface area (Å²) >= 11 is 0. The number of hydrogen-bond donors (Lipinski definition) is 0. The van der Waals surface area contributed by atoms with E-state index < -0.39 is 11.8 Å². The quantitative estimate of drug-likeness (QED) is 0.555. The summed E-state index contributed by atoms with van der Waals surface area (Å²) in [4.78, 5) is 26.4. The number of carbonyl (C=O) groups is 2. The van der Waals surface area contributed by atoms with Gasteiger partial charge < -0.3 is 4.74 Å². The van der Waals surface area contributed by atoms with Gasteiger partial charge in [0, 0.05) is 11.9 Å². The van der Waals surface area contributed by atoms with Crippen LogP contribution < -0.4 is 0 Å². The number of carbonyl (C=O) groups excluding carboxylic acids is 2. The molecule has 0 unspecified atom stereocenters. The summed E-state index contributed by atoms with van der Waals surface area (Å²) in [5.74, 6) is -1.39. The highest BCUT2D eigenvalue weighted by Gasteiger charge is 2.15. The lowest BCUT2D eigenvalue weighted by molar-refractivity contribution is -0.153. The molecule has 0 aliphatic rings. The minimum atomic E-state index is -0.808. The van der Waals surface area contributed by atoms with Crippen molar-refractivity contribution < 1.29 is 14.3 Å². The molecule has 0 spiro atoms. The fourth-order valence-electron chi connectivity index (χ4n) is 1.11. The van der Waals surface area contributed by atoms with Crippen molar-refractivity contribution in [1.82, 2.24) is 4.98 Å². The molecule has 1 heterocycles. The molecule has 0 saturated carbocycles. The van der Waals surface area contributed by atoms with E-state index in [2.05, 4.69) is 16.3 Å². The number of pyridine rings is 1. The fourth-order valence-corrected chi connectivity index (χ4v) is 1.11. The molecule has 0 aliphatic carbocycles. The zero-order chi connectivity index (χ0) is 12.0. The van der Waals surface area contributed by atoms with Crippen molar-refractivity contribution in [3.05, 3.63) is 36.2 Å². The van der Waals surface area contributed by atoms with Crippen LogP contribution >= 0.6 is 0 Å². The topological polar surface area (TPSA) is 56.3 Å². The van der Waals surface area contributed by atoms with Crippen LogP contribution in [-0.4, -0.2) is 23.3 Å². The molecule has 0 N–H and O–H groups in total. The van der Waals surface area contributed by atoms with Crippen LogP contribution in [0.2, 0.25) is 0 Å². The van der Waals surface area contributed by atoms with Gasteiger partial charge in [-0.2, -0.15) is 0 Å². The molecule has 0 fully saturated rings. The highest BCUT2D eigenvalue weighted by atomic mass is 16.5. The Kier molecular flexibility index (Phi) is 4.39. The molecule has 0 bridgehead atoms. The summed E-state index contributed by atoms with van der Waals surface area (Å²) in [6, 6.07) is 3.47. The number of esters is 1. The summed E-state index contributed by atoms with van der Waals surface area (Å²) in [6.07, 6.45) is 3.22. The van der Waals surface area contributed by atoms with Gasteiger partial charge >= 0.3 is 5.97 Å². The summed E-state index contributed by atoms with van der Waals surface area (Å²) in [6.45, 7) is 5.45. The second kappa shape index (κ2) is 5.80. The molecule has 1 aromatic heterocycles. The van der Waals surface area contributed by atoms with Crippen LogP contribution in [-0.2, 0) is 20.7 Å². The smallest absolute Gasteiger partial charge is 0.375 e.